The van der Waals surface area contributed by atoms with E-state index in [1.807, 2.05) is 4.90 Å². The lowest BCUT2D eigenvalue weighted by Crippen LogP contribution is -2.50. The van der Waals surface area contributed by atoms with Crippen LogP contribution in [0.5, 0.6) is 0 Å². The van der Waals surface area contributed by atoms with Gasteiger partial charge in [0.2, 0.25) is 10.6 Å². The third-order valence-electron chi connectivity index (χ3n) is 4.71. The molecule has 9 nitrogen and oxygen atoms in total. The van der Waals surface area contributed by atoms with Gasteiger partial charge in [-0.05, 0) is 25.5 Å². The number of aryl methyl sites for hydroxylation is 1. The molecule has 1 fully saturated rings. The van der Waals surface area contributed by atoms with Gasteiger partial charge >= 0.3 is 5.97 Å². The topological polar surface area (TPSA) is 118 Å². The molecular formula is C17H15N5O4S. The second kappa shape index (κ2) is 6.23. The van der Waals surface area contributed by atoms with Crippen molar-refractivity contribution >= 4 is 40.1 Å². The first-order valence-electron chi connectivity index (χ1n) is 8.19. The first-order valence-corrected chi connectivity index (χ1v) is 8.97. The van der Waals surface area contributed by atoms with E-state index >= 15 is 0 Å². The largest absolute Gasteiger partial charge is 0.477 e. The molecule has 0 atom stereocenters. The van der Waals surface area contributed by atoms with Crippen LogP contribution >= 0.6 is 11.5 Å². The summed E-state index contributed by atoms with van der Waals surface area (Å²) in [4.78, 5) is 46.4. The van der Waals surface area contributed by atoms with E-state index in [1.54, 1.807) is 19.9 Å². The van der Waals surface area contributed by atoms with E-state index in [-0.39, 0.29) is 22.7 Å². The Morgan fingerprint density at radius 2 is 2.07 bits per heavy atom. The highest BCUT2D eigenvalue weighted by Gasteiger charge is 2.32. The number of pyridine rings is 2. The highest BCUT2D eigenvalue weighted by molar-refractivity contribution is 7.08. The zero-order chi connectivity index (χ0) is 19.3. The van der Waals surface area contributed by atoms with Gasteiger partial charge in [0.25, 0.3) is 0 Å². The number of hydrogen-bond acceptors (Lipinski definition) is 8. The van der Waals surface area contributed by atoms with E-state index < -0.39 is 11.4 Å². The number of carbonyl (C=O) groups excluding carboxylic acids is 1. The van der Waals surface area contributed by atoms with Crippen LogP contribution in [0.3, 0.4) is 0 Å². The van der Waals surface area contributed by atoms with Crippen LogP contribution in [-0.4, -0.2) is 48.9 Å². The molecule has 0 unspecified atom stereocenters. The number of aromatic nitrogens is 4. The van der Waals surface area contributed by atoms with Crippen molar-refractivity contribution in [1.82, 2.24) is 18.9 Å². The number of fused-ring (bicyclic) bond motifs is 1. The van der Waals surface area contributed by atoms with Gasteiger partial charge < -0.3 is 10.0 Å². The van der Waals surface area contributed by atoms with E-state index in [1.165, 1.54) is 17.1 Å². The number of carbonyl (C=O) groups is 2. The maximum atomic E-state index is 12.7. The molecule has 1 aliphatic heterocycles. The molecule has 0 aromatic carbocycles. The van der Waals surface area contributed by atoms with Gasteiger partial charge in [-0.1, -0.05) is 0 Å². The fourth-order valence-corrected chi connectivity index (χ4v) is 3.64. The Hall–Kier alpha value is -3.14. The lowest BCUT2D eigenvalue weighted by atomic mass is 9.96. The molecule has 0 saturated carbocycles. The summed E-state index contributed by atoms with van der Waals surface area (Å²) in [6.07, 6.45) is 2.59. The Balaban J connectivity index is 1.94. The van der Waals surface area contributed by atoms with Gasteiger partial charge in [-0.3, -0.25) is 14.2 Å². The molecule has 0 spiro atoms. The molecule has 138 valence electrons. The molecule has 0 amide bonds. The van der Waals surface area contributed by atoms with Gasteiger partial charge in [-0.2, -0.15) is 4.37 Å². The van der Waals surface area contributed by atoms with Crippen molar-refractivity contribution in [2.45, 2.75) is 13.8 Å². The van der Waals surface area contributed by atoms with Gasteiger partial charge in [0.05, 0.1) is 11.3 Å². The molecule has 1 saturated heterocycles. The number of hydrogen-bond donors (Lipinski definition) is 1. The molecule has 3 aromatic heterocycles. The average molecular weight is 385 g/mol. The fraction of sp³-hybridized carbons (Fsp3) is 0.294. The molecule has 10 heteroatoms. The SMILES string of the molecule is CC(=O)C1CN(c2cc(C)c3c(=O)c(C(=O)O)cn(-c4ncns4)c3n2)C1. The highest BCUT2D eigenvalue weighted by Crippen LogP contribution is 2.28. The molecule has 0 aliphatic carbocycles. The van der Waals surface area contributed by atoms with E-state index in [2.05, 4.69) is 14.3 Å². The normalized spacial score (nSPS) is 14.4. The predicted molar refractivity (Wildman–Crippen MR) is 98.9 cm³/mol. The molecule has 0 bridgehead atoms. The summed E-state index contributed by atoms with van der Waals surface area (Å²) in [7, 11) is 0. The minimum absolute atomic E-state index is 0.0115. The Bertz CT molecular complexity index is 1130. The van der Waals surface area contributed by atoms with Crippen LogP contribution < -0.4 is 10.3 Å². The van der Waals surface area contributed by atoms with E-state index in [0.717, 1.165) is 11.5 Å². The minimum Gasteiger partial charge on any atom is -0.477 e. The van der Waals surface area contributed by atoms with Crippen LogP contribution in [0, 0.1) is 12.8 Å². The smallest absolute Gasteiger partial charge is 0.341 e. The molecule has 0 radical (unpaired) electrons. The van der Waals surface area contributed by atoms with Gasteiger partial charge in [0.15, 0.2) is 5.65 Å². The second-order valence-corrected chi connectivity index (χ2v) is 7.24. The Labute approximate surface area is 157 Å². The summed E-state index contributed by atoms with van der Waals surface area (Å²) in [5.74, 6) is -0.544. The van der Waals surface area contributed by atoms with E-state index in [9.17, 15) is 19.5 Å². The van der Waals surface area contributed by atoms with Crippen LogP contribution in [-0.2, 0) is 4.79 Å². The number of carboxylic acid groups (broad SMARTS) is 1. The monoisotopic (exact) mass is 385 g/mol. The number of ketones is 1. The minimum atomic E-state index is -1.31. The van der Waals surface area contributed by atoms with Crippen molar-refractivity contribution in [2.24, 2.45) is 5.92 Å². The van der Waals surface area contributed by atoms with Crippen LogP contribution in [0.4, 0.5) is 5.82 Å². The van der Waals surface area contributed by atoms with Crippen molar-refractivity contribution in [1.29, 1.82) is 0 Å². The Kier molecular flexibility index (Phi) is 3.99. The van der Waals surface area contributed by atoms with Gasteiger partial charge in [0, 0.05) is 30.8 Å². The second-order valence-electron chi connectivity index (χ2n) is 6.48. The quantitative estimate of drug-likeness (QED) is 0.713. The first-order chi connectivity index (χ1) is 12.9. The molecular weight excluding hydrogens is 370 g/mol. The summed E-state index contributed by atoms with van der Waals surface area (Å²) in [6.45, 7) is 4.46. The standard InChI is InChI=1S/C17H15N5O4S/c1-8-3-12(21-4-10(5-21)9(2)23)20-15-13(8)14(24)11(16(25)26)6-22(15)17-18-7-19-27-17/h3,6-7,10H,4-5H2,1-2H3,(H,25,26). The Morgan fingerprint density at radius 3 is 2.67 bits per heavy atom. The third kappa shape index (κ3) is 2.78. The van der Waals surface area contributed by atoms with Crippen LogP contribution in [0.2, 0.25) is 0 Å². The summed E-state index contributed by atoms with van der Waals surface area (Å²) in [5, 5.41) is 10.1. The lowest BCUT2D eigenvalue weighted by molar-refractivity contribution is -0.121. The average Bonchev–Trinajstić information content (AvgIpc) is 3.06. The maximum absolute atomic E-state index is 12.7. The van der Waals surface area contributed by atoms with Crippen molar-refractivity contribution < 1.29 is 14.7 Å². The first kappa shape index (κ1) is 17.3. The molecule has 1 N–H and O–H groups in total. The molecule has 4 heterocycles. The summed E-state index contributed by atoms with van der Waals surface area (Å²) < 4.78 is 5.43. The zero-order valence-corrected chi connectivity index (χ0v) is 15.4. The van der Waals surface area contributed by atoms with Crippen molar-refractivity contribution in [3.63, 3.8) is 0 Å². The number of aromatic carboxylic acids is 1. The lowest BCUT2D eigenvalue weighted by Gasteiger charge is -2.39. The highest BCUT2D eigenvalue weighted by atomic mass is 32.1. The van der Waals surface area contributed by atoms with Gasteiger partial charge in [-0.25, -0.2) is 14.8 Å². The number of carboxylic acids is 1. The summed E-state index contributed by atoms with van der Waals surface area (Å²) in [5.41, 5.74) is 0.00615. The summed E-state index contributed by atoms with van der Waals surface area (Å²) >= 11 is 1.07. The third-order valence-corrected chi connectivity index (χ3v) is 5.37. The van der Waals surface area contributed by atoms with Gasteiger partial charge in [0.1, 0.15) is 23.5 Å². The molecule has 4 rings (SSSR count). The van der Waals surface area contributed by atoms with Crippen molar-refractivity contribution in [2.75, 3.05) is 18.0 Å². The van der Waals surface area contributed by atoms with Crippen molar-refractivity contribution in [3.8, 4) is 5.13 Å². The Morgan fingerprint density at radius 1 is 1.33 bits per heavy atom. The van der Waals surface area contributed by atoms with Crippen LogP contribution in [0.15, 0.2) is 23.4 Å². The predicted octanol–water partition coefficient (Wildman–Crippen LogP) is 1.27. The van der Waals surface area contributed by atoms with E-state index in [4.69, 9.17) is 0 Å². The number of rotatable bonds is 4. The molecule has 27 heavy (non-hydrogen) atoms. The zero-order valence-electron chi connectivity index (χ0n) is 14.5. The number of anilines is 1. The van der Waals surface area contributed by atoms with Gasteiger partial charge in [-0.15, -0.1) is 0 Å². The maximum Gasteiger partial charge on any atom is 0.341 e. The van der Waals surface area contributed by atoms with E-state index in [0.29, 0.717) is 35.2 Å². The van der Waals surface area contributed by atoms with Crippen molar-refractivity contribution in [3.05, 3.63) is 39.9 Å². The fourth-order valence-electron chi connectivity index (χ4n) is 3.13. The summed E-state index contributed by atoms with van der Waals surface area (Å²) in [6, 6.07) is 1.75. The molecule has 3 aromatic rings. The molecule has 1 aliphatic rings. The van der Waals surface area contributed by atoms with Crippen LogP contribution in [0.25, 0.3) is 16.2 Å². The number of Topliss-reactive ketones (excluding diaryl/α,β-unsaturated/α-hetero) is 1. The number of nitrogens with zero attached hydrogens (tertiary/aromatic N) is 5. The van der Waals surface area contributed by atoms with Crippen LogP contribution in [0.1, 0.15) is 22.8 Å².